The first kappa shape index (κ1) is 17.1. The minimum atomic E-state index is 0.188. The molecule has 1 aromatic heterocycles. The third kappa shape index (κ3) is 4.39. The number of hydrogen-bond acceptors (Lipinski definition) is 3. The number of unbranched alkanes of at least 4 members (excludes halogenated alkanes) is 1. The van der Waals surface area contributed by atoms with Gasteiger partial charge in [-0.25, -0.2) is 4.98 Å². The summed E-state index contributed by atoms with van der Waals surface area (Å²) in [4.78, 5) is 16.8. The van der Waals surface area contributed by atoms with Crippen molar-refractivity contribution in [3.63, 3.8) is 0 Å². The highest BCUT2D eigenvalue weighted by Gasteiger charge is 2.11. The fraction of sp³-hybridized carbons (Fsp3) is 0.579. The van der Waals surface area contributed by atoms with Gasteiger partial charge in [0.25, 0.3) is 0 Å². The zero-order chi connectivity index (χ0) is 15.9. The minimum absolute atomic E-state index is 0.188. The summed E-state index contributed by atoms with van der Waals surface area (Å²) < 4.78 is 1.17. The standard InChI is InChI=1S/C19H27NOS/c1-4-6-12-18-16(13-15-11-8-7-10-14(15)3)20-19(22-18)17(21)9-5-2/h12-13H,4-11H2,1-3H3/b16-13+,18-12-. The van der Waals surface area contributed by atoms with Gasteiger partial charge in [0.1, 0.15) is 0 Å². The van der Waals surface area contributed by atoms with Gasteiger partial charge in [0.15, 0.2) is 10.8 Å². The molecular formula is C19H27NOS. The maximum Gasteiger partial charge on any atom is 0.191 e. The van der Waals surface area contributed by atoms with Crippen LogP contribution in [-0.4, -0.2) is 10.8 Å². The van der Waals surface area contributed by atoms with E-state index in [0.29, 0.717) is 11.4 Å². The van der Waals surface area contributed by atoms with Crippen molar-refractivity contribution in [2.75, 3.05) is 0 Å². The van der Waals surface area contributed by atoms with Crippen LogP contribution >= 0.6 is 11.3 Å². The number of carbonyl (C=O) groups is 1. The Hall–Kier alpha value is -1.22. The van der Waals surface area contributed by atoms with E-state index in [-0.39, 0.29) is 5.78 Å². The number of hydrogen-bond donors (Lipinski definition) is 0. The van der Waals surface area contributed by atoms with E-state index in [1.54, 1.807) is 11.3 Å². The first-order valence-corrected chi connectivity index (χ1v) is 9.38. The fourth-order valence-corrected chi connectivity index (χ4v) is 3.74. The highest BCUT2D eigenvalue weighted by atomic mass is 32.1. The topological polar surface area (TPSA) is 30.0 Å². The molecule has 0 amide bonds. The van der Waals surface area contributed by atoms with Crippen LogP contribution in [0.15, 0.2) is 11.1 Å². The number of allylic oxidation sites excluding steroid dienone is 2. The zero-order valence-electron chi connectivity index (χ0n) is 14.1. The molecule has 22 heavy (non-hydrogen) atoms. The number of aromatic nitrogens is 1. The van der Waals surface area contributed by atoms with Crippen LogP contribution < -0.4 is 9.88 Å². The normalized spacial score (nSPS) is 17.4. The smallest absolute Gasteiger partial charge is 0.191 e. The van der Waals surface area contributed by atoms with Gasteiger partial charge in [-0.2, -0.15) is 0 Å². The Bertz CT molecular complexity index is 666. The predicted molar refractivity (Wildman–Crippen MR) is 95.6 cm³/mol. The van der Waals surface area contributed by atoms with Crippen molar-refractivity contribution in [2.24, 2.45) is 0 Å². The lowest BCUT2D eigenvalue weighted by atomic mass is 9.92. The lowest BCUT2D eigenvalue weighted by molar-refractivity contribution is 0.0981. The summed E-state index contributed by atoms with van der Waals surface area (Å²) >= 11 is 1.57. The molecule has 0 spiro atoms. The highest BCUT2D eigenvalue weighted by Crippen LogP contribution is 2.24. The van der Waals surface area contributed by atoms with Gasteiger partial charge in [0.05, 0.1) is 9.88 Å². The molecule has 1 aliphatic rings. The van der Waals surface area contributed by atoms with E-state index in [2.05, 4.69) is 31.0 Å². The number of rotatable bonds is 6. The van der Waals surface area contributed by atoms with Crippen LogP contribution in [0.5, 0.6) is 0 Å². The van der Waals surface area contributed by atoms with E-state index >= 15 is 0 Å². The van der Waals surface area contributed by atoms with Gasteiger partial charge in [-0.1, -0.05) is 31.9 Å². The summed E-state index contributed by atoms with van der Waals surface area (Å²) in [6.45, 7) is 6.45. The quantitative estimate of drug-likeness (QED) is 0.729. The van der Waals surface area contributed by atoms with Gasteiger partial charge >= 0.3 is 0 Å². The summed E-state index contributed by atoms with van der Waals surface area (Å²) in [5, 5.41) is 1.69. The van der Waals surface area contributed by atoms with Crippen molar-refractivity contribution in [2.45, 2.75) is 72.1 Å². The molecule has 0 N–H and O–H groups in total. The van der Waals surface area contributed by atoms with Crippen LogP contribution in [0.1, 0.15) is 81.9 Å². The Morgan fingerprint density at radius 1 is 1.23 bits per heavy atom. The van der Waals surface area contributed by atoms with Crippen molar-refractivity contribution < 1.29 is 4.79 Å². The molecule has 1 aromatic rings. The molecular weight excluding hydrogens is 290 g/mol. The largest absolute Gasteiger partial charge is 0.292 e. The van der Waals surface area contributed by atoms with Gasteiger partial charge in [-0.3, -0.25) is 4.79 Å². The van der Waals surface area contributed by atoms with E-state index in [1.165, 1.54) is 34.9 Å². The first-order chi connectivity index (χ1) is 10.7. The van der Waals surface area contributed by atoms with E-state index in [4.69, 9.17) is 0 Å². The molecule has 0 saturated carbocycles. The third-order valence-electron chi connectivity index (χ3n) is 4.12. The molecule has 0 unspecified atom stereocenters. The van der Waals surface area contributed by atoms with Crippen LogP contribution in [0.25, 0.3) is 12.2 Å². The molecule has 120 valence electrons. The molecule has 2 nitrogen and oxygen atoms in total. The average molecular weight is 317 g/mol. The molecule has 0 aliphatic heterocycles. The van der Waals surface area contributed by atoms with E-state index in [0.717, 1.165) is 31.0 Å². The van der Waals surface area contributed by atoms with Crippen LogP contribution in [0, 0.1) is 0 Å². The molecule has 1 heterocycles. The van der Waals surface area contributed by atoms with Crippen LogP contribution in [0.2, 0.25) is 0 Å². The molecule has 1 aliphatic carbocycles. The second-order valence-corrected chi connectivity index (χ2v) is 7.12. The monoisotopic (exact) mass is 317 g/mol. The maximum atomic E-state index is 12.1. The summed E-state index contributed by atoms with van der Waals surface area (Å²) in [5.74, 6) is 0.188. The summed E-state index contributed by atoms with van der Waals surface area (Å²) in [6, 6.07) is 0. The molecule has 3 heteroatoms. The predicted octanol–water partition coefficient (Wildman–Crippen LogP) is 4.38. The molecule has 0 fully saturated rings. The molecule has 0 aromatic carbocycles. The van der Waals surface area contributed by atoms with E-state index < -0.39 is 0 Å². The number of Topliss-reactive ketones (excluding diaryl/α,β-unsaturated/α-hetero) is 1. The molecule has 0 atom stereocenters. The summed E-state index contributed by atoms with van der Waals surface area (Å²) in [7, 11) is 0. The van der Waals surface area contributed by atoms with Crippen molar-refractivity contribution in [3.05, 3.63) is 26.0 Å². The minimum Gasteiger partial charge on any atom is -0.292 e. The van der Waals surface area contributed by atoms with Crippen molar-refractivity contribution in [3.8, 4) is 0 Å². The second kappa shape index (κ2) is 8.42. The molecule has 0 radical (unpaired) electrons. The lowest BCUT2D eigenvalue weighted by Gasteiger charge is -2.13. The van der Waals surface area contributed by atoms with Gasteiger partial charge in [-0.15, -0.1) is 11.3 Å². The number of ketones is 1. The Morgan fingerprint density at radius 2 is 2.00 bits per heavy atom. The fourth-order valence-electron chi connectivity index (χ4n) is 2.76. The number of nitrogens with zero attached hydrogens (tertiary/aromatic N) is 1. The van der Waals surface area contributed by atoms with Gasteiger partial charge < -0.3 is 0 Å². The molecule has 0 saturated heterocycles. The van der Waals surface area contributed by atoms with Crippen molar-refractivity contribution >= 4 is 29.3 Å². The van der Waals surface area contributed by atoms with Gasteiger partial charge in [0.2, 0.25) is 0 Å². The zero-order valence-corrected chi connectivity index (χ0v) is 14.9. The number of carbonyl (C=O) groups excluding carboxylic acids is 1. The highest BCUT2D eigenvalue weighted by molar-refractivity contribution is 7.11. The van der Waals surface area contributed by atoms with Crippen LogP contribution in [0.3, 0.4) is 0 Å². The molecule has 2 rings (SSSR count). The SMILES string of the molecule is CCC/C=c1\sc(C(=O)CCC)n\c1=C\C1=C(C)CCCC1. The Morgan fingerprint density at radius 3 is 2.68 bits per heavy atom. The van der Waals surface area contributed by atoms with Crippen LogP contribution in [0.4, 0.5) is 0 Å². The molecule has 0 bridgehead atoms. The van der Waals surface area contributed by atoms with E-state index in [9.17, 15) is 4.79 Å². The van der Waals surface area contributed by atoms with Crippen LogP contribution in [-0.2, 0) is 0 Å². The Labute approximate surface area is 137 Å². The lowest BCUT2D eigenvalue weighted by Crippen LogP contribution is -2.21. The Balaban J connectivity index is 2.46. The maximum absolute atomic E-state index is 12.1. The van der Waals surface area contributed by atoms with Gasteiger partial charge in [-0.05, 0) is 57.1 Å². The average Bonchev–Trinajstić information content (AvgIpc) is 2.91. The van der Waals surface area contributed by atoms with E-state index in [1.807, 2.05) is 6.92 Å². The third-order valence-corrected chi connectivity index (χ3v) is 5.23. The first-order valence-electron chi connectivity index (χ1n) is 8.56. The van der Waals surface area contributed by atoms with Crippen molar-refractivity contribution in [1.82, 2.24) is 4.98 Å². The number of thiazole rings is 1. The summed E-state index contributed by atoms with van der Waals surface area (Å²) in [6.07, 6.45) is 13.0. The van der Waals surface area contributed by atoms with Crippen molar-refractivity contribution in [1.29, 1.82) is 0 Å². The van der Waals surface area contributed by atoms with Gasteiger partial charge in [0, 0.05) is 6.42 Å². The second-order valence-electron chi connectivity index (χ2n) is 6.09. The Kier molecular flexibility index (Phi) is 6.56. The summed E-state index contributed by atoms with van der Waals surface area (Å²) in [5.41, 5.74) is 2.92.